The number of nitrogens with one attached hydrogen (secondary N) is 2. The highest BCUT2D eigenvalue weighted by atomic mass is 16.5. The molecule has 1 aliphatic rings. The Balaban J connectivity index is 1.47. The number of aryl methyl sites for hydroxylation is 1. The Labute approximate surface area is 231 Å². The van der Waals surface area contributed by atoms with E-state index in [-0.39, 0.29) is 35.1 Å². The zero-order chi connectivity index (χ0) is 29.0. The number of carbonyl (C=O) groups is 4. The van der Waals surface area contributed by atoms with Gasteiger partial charge in [0.15, 0.2) is 0 Å². The number of carbonyl (C=O) groups excluding carboxylic acids is 4. The molecular weight excluding hydrogens is 516 g/mol. The monoisotopic (exact) mass is 550 g/mol. The number of likely N-dealkylation sites (tertiary alicyclic amines) is 1. The van der Waals surface area contributed by atoms with Gasteiger partial charge in [-0.25, -0.2) is 0 Å². The summed E-state index contributed by atoms with van der Waals surface area (Å²) in [4.78, 5) is 54.6. The van der Waals surface area contributed by atoms with Gasteiger partial charge < -0.3 is 24.5 Å². The fraction of sp³-hybridized carbons (Fsp3) is 0.464. The largest absolute Gasteiger partial charge is 0.414 e. The average Bonchev–Trinajstić information content (AvgIpc) is 3.70. The Morgan fingerprint density at radius 3 is 2.30 bits per heavy atom. The Morgan fingerprint density at radius 1 is 0.975 bits per heavy atom. The summed E-state index contributed by atoms with van der Waals surface area (Å²) in [6, 6.07) is 6.46. The van der Waals surface area contributed by atoms with Crippen molar-refractivity contribution in [1.29, 1.82) is 0 Å². The molecule has 3 heterocycles. The lowest BCUT2D eigenvalue weighted by atomic mass is 9.98. The SMILES string of the molecule is Cc1oncc1C(=O)N[C@H](C(=O)N1CCC[C@H]1C(=O)N[C@H](C(=O)c1nnc(-c2ccccc2)o1)C(C)C)C(C)C. The van der Waals surface area contributed by atoms with E-state index in [0.29, 0.717) is 30.7 Å². The van der Waals surface area contributed by atoms with E-state index in [1.54, 1.807) is 32.9 Å². The van der Waals surface area contributed by atoms with Crippen LogP contribution in [0.3, 0.4) is 0 Å². The molecule has 0 unspecified atom stereocenters. The van der Waals surface area contributed by atoms with Gasteiger partial charge in [-0.1, -0.05) is 51.1 Å². The third kappa shape index (κ3) is 6.11. The number of hydrogen-bond donors (Lipinski definition) is 2. The molecule has 1 aliphatic heterocycles. The number of ketones is 1. The first-order valence-electron chi connectivity index (χ1n) is 13.3. The topological polar surface area (TPSA) is 161 Å². The summed E-state index contributed by atoms with van der Waals surface area (Å²) >= 11 is 0. The van der Waals surface area contributed by atoms with Crippen molar-refractivity contribution < 1.29 is 28.1 Å². The van der Waals surface area contributed by atoms with Crippen LogP contribution in [0.5, 0.6) is 0 Å². The van der Waals surface area contributed by atoms with Crippen LogP contribution in [-0.4, -0.2) is 68.4 Å². The standard InChI is InChI=1S/C28H34N6O6/c1-15(2)21(23(35)27-33-32-26(39-27)18-10-7-6-8-11-18)30-25(37)20-12-9-13-34(20)28(38)22(16(3)4)31-24(36)19-14-29-40-17(19)5/h6-8,10-11,14-16,20-22H,9,12-13H2,1-5H3,(H,30,37)(H,31,36)/t20-,21-,22-/m0/s1. The summed E-state index contributed by atoms with van der Waals surface area (Å²) in [6.45, 7) is 9.19. The van der Waals surface area contributed by atoms with E-state index in [1.807, 2.05) is 32.0 Å². The van der Waals surface area contributed by atoms with Crippen LogP contribution >= 0.6 is 0 Å². The van der Waals surface area contributed by atoms with Crippen LogP contribution in [0.15, 0.2) is 45.5 Å². The van der Waals surface area contributed by atoms with Gasteiger partial charge in [-0.15, -0.1) is 10.2 Å². The molecule has 1 aromatic carbocycles. The van der Waals surface area contributed by atoms with Gasteiger partial charge in [0.2, 0.25) is 23.5 Å². The van der Waals surface area contributed by atoms with Crippen molar-refractivity contribution in [2.45, 2.75) is 65.6 Å². The number of Topliss-reactive ketones (excluding diaryl/α,β-unsaturated/α-hetero) is 1. The highest BCUT2D eigenvalue weighted by molar-refractivity contribution is 6.01. The molecule has 3 atom stereocenters. The second-order valence-corrected chi connectivity index (χ2v) is 10.6. The molecule has 0 bridgehead atoms. The summed E-state index contributed by atoms with van der Waals surface area (Å²) in [5, 5.41) is 17.1. The second-order valence-electron chi connectivity index (χ2n) is 10.6. The fourth-order valence-corrected chi connectivity index (χ4v) is 4.67. The summed E-state index contributed by atoms with van der Waals surface area (Å²) in [5.41, 5.74) is 0.911. The molecule has 12 heteroatoms. The molecule has 0 radical (unpaired) electrons. The molecule has 12 nitrogen and oxygen atoms in total. The lowest BCUT2D eigenvalue weighted by Crippen LogP contribution is -2.57. The van der Waals surface area contributed by atoms with Crippen LogP contribution in [0, 0.1) is 18.8 Å². The first kappa shape index (κ1) is 28.7. The minimum Gasteiger partial charge on any atom is -0.414 e. The van der Waals surface area contributed by atoms with Gasteiger partial charge >= 0.3 is 0 Å². The van der Waals surface area contributed by atoms with Crippen molar-refractivity contribution >= 4 is 23.5 Å². The van der Waals surface area contributed by atoms with E-state index in [1.165, 1.54) is 11.1 Å². The number of nitrogens with zero attached hydrogens (tertiary/aromatic N) is 4. The molecule has 2 N–H and O–H groups in total. The number of benzene rings is 1. The average molecular weight is 551 g/mol. The minimum absolute atomic E-state index is 0.202. The van der Waals surface area contributed by atoms with E-state index in [2.05, 4.69) is 26.0 Å². The molecule has 3 aromatic rings. The van der Waals surface area contributed by atoms with Crippen LogP contribution in [0.4, 0.5) is 0 Å². The zero-order valence-electron chi connectivity index (χ0n) is 23.2. The maximum Gasteiger partial charge on any atom is 0.286 e. The first-order valence-corrected chi connectivity index (χ1v) is 13.3. The molecule has 0 saturated carbocycles. The summed E-state index contributed by atoms with van der Waals surface area (Å²) in [7, 11) is 0. The van der Waals surface area contributed by atoms with E-state index in [9.17, 15) is 19.2 Å². The molecule has 0 aliphatic carbocycles. The highest BCUT2D eigenvalue weighted by Crippen LogP contribution is 2.23. The van der Waals surface area contributed by atoms with Crippen LogP contribution in [0.25, 0.3) is 11.5 Å². The van der Waals surface area contributed by atoms with Gasteiger partial charge in [0.05, 0.1) is 12.2 Å². The number of rotatable bonds is 10. The van der Waals surface area contributed by atoms with E-state index >= 15 is 0 Å². The maximum absolute atomic E-state index is 13.6. The molecule has 3 amide bonds. The lowest BCUT2D eigenvalue weighted by molar-refractivity contribution is -0.140. The molecule has 1 fully saturated rings. The van der Waals surface area contributed by atoms with E-state index in [0.717, 1.165) is 0 Å². The smallest absolute Gasteiger partial charge is 0.286 e. The van der Waals surface area contributed by atoms with Crippen LogP contribution in [0.1, 0.15) is 67.3 Å². The molecule has 40 heavy (non-hydrogen) atoms. The van der Waals surface area contributed by atoms with Crippen molar-refractivity contribution in [3.05, 3.63) is 53.7 Å². The molecule has 2 aromatic heterocycles. The third-order valence-corrected chi connectivity index (χ3v) is 6.96. The van der Waals surface area contributed by atoms with E-state index in [4.69, 9.17) is 8.94 Å². The number of hydrogen-bond acceptors (Lipinski definition) is 9. The molecule has 212 valence electrons. The van der Waals surface area contributed by atoms with Gasteiger partial charge in [0.1, 0.15) is 23.4 Å². The normalized spacial score (nSPS) is 16.7. The Morgan fingerprint density at radius 2 is 1.68 bits per heavy atom. The van der Waals surface area contributed by atoms with Gasteiger partial charge in [-0.2, -0.15) is 0 Å². The summed E-state index contributed by atoms with van der Waals surface area (Å²) in [6.07, 6.45) is 2.34. The Kier molecular flexibility index (Phi) is 8.76. The molecule has 1 saturated heterocycles. The summed E-state index contributed by atoms with van der Waals surface area (Å²) in [5.74, 6) is -2.01. The summed E-state index contributed by atoms with van der Waals surface area (Å²) < 4.78 is 10.6. The Hall–Kier alpha value is -4.35. The van der Waals surface area contributed by atoms with Crippen molar-refractivity contribution in [3.8, 4) is 11.5 Å². The predicted molar refractivity (Wildman–Crippen MR) is 143 cm³/mol. The van der Waals surface area contributed by atoms with Crippen LogP contribution in [-0.2, 0) is 9.59 Å². The van der Waals surface area contributed by atoms with Crippen molar-refractivity contribution in [2.24, 2.45) is 11.8 Å². The van der Waals surface area contributed by atoms with Crippen molar-refractivity contribution in [1.82, 2.24) is 30.9 Å². The lowest BCUT2D eigenvalue weighted by Gasteiger charge is -2.31. The van der Waals surface area contributed by atoms with Gasteiger partial charge in [0, 0.05) is 12.1 Å². The predicted octanol–water partition coefficient (Wildman–Crippen LogP) is 2.80. The zero-order valence-corrected chi connectivity index (χ0v) is 23.2. The number of aromatic nitrogens is 3. The minimum atomic E-state index is -0.939. The molecular formula is C28H34N6O6. The van der Waals surface area contributed by atoms with Crippen molar-refractivity contribution in [3.63, 3.8) is 0 Å². The van der Waals surface area contributed by atoms with Gasteiger partial charge in [0.25, 0.3) is 11.8 Å². The van der Waals surface area contributed by atoms with Gasteiger partial charge in [-0.3, -0.25) is 19.2 Å². The quantitative estimate of drug-likeness (QED) is 0.362. The Bertz CT molecular complexity index is 1360. The van der Waals surface area contributed by atoms with Crippen molar-refractivity contribution in [2.75, 3.05) is 6.54 Å². The first-order chi connectivity index (χ1) is 19.1. The highest BCUT2D eigenvalue weighted by Gasteiger charge is 2.40. The molecule has 4 rings (SSSR count). The maximum atomic E-state index is 13.6. The third-order valence-electron chi connectivity index (χ3n) is 6.96. The second kappa shape index (κ2) is 12.2. The van der Waals surface area contributed by atoms with Crippen LogP contribution in [0.2, 0.25) is 0 Å². The van der Waals surface area contributed by atoms with Gasteiger partial charge in [-0.05, 0) is 43.7 Å². The number of amides is 3. The van der Waals surface area contributed by atoms with Crippen LogP contribution < -0.4 is 10.6 Å². The van der Waals surface area contributed by atoms with E-state index < -0.39 is 35.7 Å². The fourth-order valence-electron chi connectivity index (χ4n) is 4.67. The molecule has 0 spiro atoms.